The Morgan fingerprint density at radius 2 is 2.08 bits per heavy atom. The molecule has 78 valence electrons. The normalized spacial score (nSPS) is 32.3. The van der Waals surface area contributed by atoms with E-state index in [-0.39, 0.29) is 0 Å². The van der Waals surface area contributed by atoms with Crippen molar-refractivity contribution in [1.82, 2.24) is 15.1 Å². The van der Waals surface area contributed by atoms with Crippen molar-refractivity contribution in [1.29, 1.82) is 0 Å². The fourth-order valence-corrected chi connectivity index (χ4v) is 2.17. The Labute approximate surface area is 82.1 Å². The van der Waals surface area contributed by atoms with Crippen LogP contribution in [0.15, 0.2) is 0 Å². The van der Waals surface area contributed by atoms with Crippen LogP contribution in [0.2, 0.25) is 0 Å². The molecule has 1 fully saturated rings. The molecule has 1 N–H and O–H groups in total. The zero-order valence-electron chi connectivity index (χ0n) is 9.38. The van der Waals surface area contributed by atoms with Crippen molar-refractivity contribution in [2.75, 3.05) is 40.3 Å². The van der Waals surface area contributed by atoms with E-state index < -0.39 is 0 Å². The van der Waals surface area contributed by atoms with Crippen LogP contribution in [0.4, 0.5) is 0 Å². The van der Waals surface area contributed by atoms with Gasteiger partial charge in [0.2, 0.25) is 0 Å². The van der Waals surface area contributed by atoms with Gasteiger partial charge in [0.15, 0.2) is 0 Å². The molecule has 3 nitrogen and oxygen atoms in total. The SMILES string of the molecule is CCN1CC(CNC)N(C)CC1C. The van der Waals surface area contributed by atoms with Crippen molar-refractivity contribution in [2.45, 2.75) is 25.9 Å². The van der Waals surface area contributed by atoms with E-state index in [1.165, 1.54) is 19.6 Å². The molecule has 0 spiro atoms. The second-order valence-corrected chi connectivity index (χ2v) is 4.09. The van der Waals surface area contributed by atoms with Gasteiger partial charge >= 0.3 is 0 Å². The van der Waals surface area contributed by atoms with Crippen molar-refractivity contribution in [3.05, 3.63) is 0 Å². The molecule has 2 atom stereocenters. The Hall–Kier alpha value is -0.120. The van der Waals surface area contributed by atoms with Crippen molar-refractivity contribution in [3.8, 4) is 0 Å². The Balaban J connectivity index is 2.48. The fourth-order valence-electron chi connectivity index (χ4n) is 2.17. The van der Waals surface area contributed by atoms with Crippen LogP contribution in [0, 0.1) is 0 Å². The molecule has 1 saturated heterocycles. The Kier molecular flexibility index (Phi) is 4.16. The van der Waals surface area contributed by atoms with Crippen LogP contribution >= 0.6 is 0 Å². The van der Waals surface area contributed by atoms with Crippen LogP contribution in [0.25, 0.3) is 0 Å². The maximum atomic E-state index is 3.26. The molecule has 2 unspecified atom stereocenters. The maximum Gasteiger partial charge on any atom is 0.0345 e. The molecule has 0 aromatic rings. The molecule has 1 heterocycles. The summed E-state index contributed by atoms with van der Waals surface area (Å²) in [5.41, 5.74) is 0. The second kappa shape index (κ2) is 4.94. The molecule has 0 aliphatic carbocycles. The van der Waals surface area contributed by atoms with E-state index in [1.54, 1.807) is 0 Å². The Morgan fingerprint density at radius 3 is 2.62 bits per heavy atom. The maximum absolute atomic E-state index is 3.26. The minimum atomic E-state index is 0.682. The number of hydrogen-bond acceptors (Lipinski definition) is 3. The molecule has 13 heavy (non-hydrogen) atoms. The second-order valence-electron chi connectivity index (χ2n) is 4.09. The first-order valence-electron chi connectivity index (χ1n) is 5.28. The summed E-state index contributed by atoms with van der Waals surface area (Å²) in [6, 6.07) is 1.39. The van der Waals surface area contributed by atoms with Gasteiger partial charge in [-0.3, -0.25) is 9.80 Å². The third kappa shape index (κ3) is 2.66. The monoisotopic (exact) mass is 185 g/mol. The first-order valence-corrected chi connectivity index (χ1v) is 5.28. The van der Waals surface area contributed by atoms with Gasteiger partial charge in [0.25, 0.3) is 0 Å². The summed E-state index contributed by atoms with van der Waals surface area (Å²) in [5, 5.41) is 3.26. The molecule has 0 saturated carbocycles. The number of rotatable bonds is 3. The highest BCUT2D eigenvalue weighted by Gasteiger charge is 2.27. The molecule has 3 heteroatoms. The molecule has 1 aliphatic rings. The van der Waals surface area contributed by atoms with Crippen LogP contribution in [-0.4, -0.2) is 62.2 Å². The molecule has 0 aromatic carbocycles. The summed E-state index contributed by atoms with van der Waals surface area (Å²) in [5.74, 6) is 0. The molecular weight excluding hydrogens is 162 g/mol. The van der Waals surface area contributed by atoms with E-state index >= 15 is 0 Å². The number of hydrogen-bond donors (Lipinski definition) is 1. The van der Waals surface area contributed by atoms with Gasteiger partial charge in [0, 0.05) is 31.7 Å². The molecule has 0 amide bonds. The number of piperazine rings is 1. The van der Waals surface area contributed by atoms with E-state index in [1.807, 2.05) is 7.05 Å². The predicted molar refractivity (Wildman–Crippen MR) is 57.1 cm³/mol. The molecule has 0 radical (unpaired) electrons. The molecule has 0 aromatic heterocycles. The summed E-state index contributed by atoms with van der Waals surface area (Å²) in [7, 11) is 4.26. The lowest BCUT2D eigenvalue weighted by Crippen LogP contribution is -2.58. The van der Waals surface area contributed by atoms with E-state index in [2.05, 4.69) is 36.0 Å². The molecule has 0 bridgehead atoms. The predicted octanol–water partition coefficient (Wildman–Crippen LogP) is 0.230. The third-order valence-corrected chi connectivity index (χ3v) is 3.09. The average molecular weight is 185 g/mol. The molecule has 1 rings (SSSR count). The quantitative estimate of drug-likeness (QED) is 0.679. The largest absolute Gasteiger partial charge is 0.318 e. The fraction of sp³-hybridized carbons (Fsp3) is 1.00. The number of nitrogens with one attached hydrogen (secondary N) is 1. The minimum Gasteiger partial charge on any atom is -0.318 e. The number of likely N-dealkylation sites (N-methyl/N-ethyl adjacent to an activating group) is 3. The van der Waals surface area contributed by atoms with E-state index in [9.17, 15) is 0 Å². The zero-order chi connectivity index (χ0) is 9.84. The highest BCUT2D eigenvalue weighted by Crippen LogP contribution is 2.12. The summed E-state index contributed by atoms with van der Waals surface area (Å²) in [6.07, 6.45) is 0. The van der Waals surface area contributed by atoms with Gasteiger partial charge in [-0.2, -0.15) is 0 Å². The van der Waals surface area contributed by atoms with Gasteiger partial charge < -0.3 is 5.32 Å². The average Bonchev–Trinajstić information content (AvgIpc) is 2.10. The summed E-state index contributed by atoms with van der Waals surface area (Å²) >= 11 is 0. The van der Waals surface area contributed by atoms with Crippen LogP contribution < -0.4 is 5.32 Å². The van der Waals surface area contributed by atoms with Crippen LogP contribution in [0.1, 0.15) is 13.8 Å². The number of nitrogens with zero attached hydrogens (tertiary/aromatic N) is 2. The third-order valence-electron chi connectivity index (χ3n) is 3.09. The molecular formula is C10H23N3. The van der Waals surface area contributed by atoms with Gasteiger partial charge in [-0.1, -0.05) is 6.92 Å². The first kappa shape index (κ1) is 11.0. The Bertz CT molecular complexity index is 149. The Morgan fingerprint density at radius 1 is 1.38 bits per heavy atom. The summed E-state index contributed by atoms with van der Waals surface area (Å²) in [4.78, 5) is 5.02. The zero-order valence-corrected chi connectivity index (χ0v) is 9.38. The van der Waals surface area contributed by atoms with Gasteiger partial charge in [0.1, 0.15) is 0 Å². The van der Waals surface area contributed by atoms with Crippen molar-refractivity contribution in [3.63, 3.8) is 0 Å². The lowest BCUT2D eigenvalue weighted by Gasteiger charge is -2.43. The summed E-state index contributed by atoms with van der Waals surface area (Å²) < 4.78 is 0. The van der Waals surface area contributed by atoms with E-state index in [0.717, 1.165) is 6.54 Å². The lowest BCUT2D eigenvalue weighted by molar-refractivity contribution is 0.0570. The minimum absolute atomic E-state index is 0.682. The van der Waals surface area contributed by atoms with Crippen molar-refractivity contribution < 1.29 is 0 Å². The smallest absolute Gasteiger partial charge is 0.0345 e. The van der Waals surface area contributed by atoms with E-state index in [0.29, 0.717) is 12.1 Å². The van der Waals surface area contributed by atoms with Gasteiger partial charge in [-0.05, 0) is 27.6 Å². The van der Waals surface area contributed by atoms with Crippen LogP contribution in [-0.2, 0) is 0 Å². The summed E-state index contributed by atoms with van der Waals surface area (Å²) in [6.45, 7) is 9.23. The topological polar surface area (TPSA) is 18.5 Å². The highest BCUT2D eigenvalue weighted by atomic mass is 15.3. The van der Waals surface area contributed by atoms with Gasteiger partial charge in [-0.15, -0.1) is 0 Å². The van der Waals surface area contributed by atoms with E-state index in [4.69, 9.17) is 0 Å². The molecule has 1 aliphatic heterocycles. The standard InChI is InChI=1S/C10H23N3/c1-5-13-8-10(6-11-3)12(4)7-9(13)2/h9-11H,5-8H2,1-4H3. The highest BCUT2D eigenvalue weighted by molar-refractivity contribution is 4.85. The van der Waals surface area contributed by atoms with Crippen LogP contribution in [0.3, 0.4) is 0 Å². The van der Waals surface area contributed by atoms with Crippen LogP contribution in [0.5, 0.6) is 0 Å². The van der Waals surface area contributed by atoms with Crippen molar-refractivity contribution in [2.24, 2.45) is 0 Å². The first-order chi connectivity index (χ1) is 6.19. The van der Waals surface area contributed by atoms with Gasteiger partial charge in [0.05, 0.1) is 0 Å². The lowest BCUT2D eigenvalue weighted by atomic mass is 10.1. The van der Waals surface area contributed by atoms with Crippen molar-refractivity contribution >= 4 is 0 Å². The van der Waals surface area contributed by atoms with Gasteiger partial charge in [-0.25, -0.2) is 0 Å².